The third-order valence-electron chi connectivity index (χ3n) is 2.96. The molecule has 0 saturated heterocycles. The van der Waals surface area contributed by atoms with E-state index in [4.69, 9.17) is 0 Å². The van der Waals surface area contributed by atoms with E-state index in [1.54, 1.807) is 0 Å². The van der Waals surface area contributed by atoms with Crippen LogP contribution in [-0.2, 0) is 4.79 Å². The van der Waals surface area contributed by atoms with E-state index in [2.05, 4.69) is 45.9 Å². The van der Waals surface area contributed by atoms with Crippen LogP contribution in [-0.4, -0.2) is 3.79 Å². The fourth-order valence-corrected chi connectivity index (χ4v) is 2.08. The SMILES string of the molecule is CC(C)=CCC/C(C)=C/CC/C(C)=C/CCC(=O)I. The molecule has 0 bridgehead atoms. The third-order valence-corrected chi connectivity index (χ3v) is 3.50. The van der Waals surface area contributed by atoms with Crippen LogP contribution in [0.2, 0.25) is 0 Å². The summed E-state index contributed by atoms with van der Waals surface area (Å²) in [4.78, 5) is 10.8. The molecule has 0 aliphatic carbocycles. The number of hydrogen-bond donors (Lipinski definition) is 0. The number of carbonyl (C=O) groups excluding carboxylic acids is 1. The van der Waals surface area contributed by atoms with Crippen molar-refractivity contribution >= 4 is 26.4 Å². The number of hydrogen-bond acceptors (Lipinski definition) is 1. The van der Waals surface area contributed by atoms with Gasteiger partial charge in [-0.15, -0.1) is 0 Å². The fourth-order valence-electron chi connectivity index (χ4n) is 1.77. The normalized spacial score (nSPS) is 12.5. The largest absolute Gasteiger partial charge is 0.288 e. The first kappa shape index (κ1) is 18.6. The molecule has 0 aliphatic heterocycles. The van der Waals surface area contributed by atoms with Gasteiger partial charge in [0.25, 0.3) is 0 Å². The Morgan fingerprint density at radius 3 is 1.63 bits per heavy atom. The summed E-state index contributed by atoms with van der Waals surface area (Å²) < 4.78 is 0.247. The summed E-state index contributed by atoms with van der Waals surface area (Å²) in [6.45, 7) is 8.66. The zero-order chi connectivity index (χ0) is 14.7. The van der Waals surface area contributed by atoms with E-state index >= 15 is 0 Å². The molecule has 0 radical (unpaired) electrons. The lowest BCUT2D eigenvalue weighted by atomic mass is 10.1. The Hall–Kier alpha value is -0.380. The predicted molar refractivity (Wildman–Crippen MR) is 93.7 cm³/mol. The topological polar surface area (TPSA) is 17.1 Å². The van der Waals surface area contributed by atoms with Gasteiger partial charge in [0.2, 0.25) is 0 Å². The molecular weight excluding hydrogens is 347 g/mol. The van der Waals surface area contributed by atoms with Crippen LogP contribution in [0.25, 0.3) is 0 Å². The lowest BCUT2D eigenvalue weighted by Crippen LogP contribution is -1.84. The Kier molecular flexibility index (Phi) is 11.2. The maximum Gasteiger partial charge on any atom is 0.192 e. The highest BCUT2D eigenvalue weighted by molar-refractivity contribution is 14.1. The fraction of sp³-hybridized carbons (Fsp3) is 0.588. The summed E-state index contributed by atoms with van der Waals surface area (Å²) in [5.41, 5.74) is 4.27. The molecule has 0 saturated carbocycles. The van der Waals surface area contributed by atoms with E-state index in [1.165, 1.54) is 16.7 Å². The van der Waals surface area contributed by atoms with Crippen molar-refractivity contribution in [3.05, 3.63) is 34.9 Å². The van der Waals surface area contributed by atoms with Crippen molar-refractivity contribution < 1.29 is 4.79 Å². The molecular formula is C17H27IO. The monoisotopic (exact) mass is 374 g/mol. The van der Waals surface area contributed by atoms with Crippen molar-refractivity contribution in [2.24, 2.45) is 0 Å². The number of allylic oxidation sites excluding steroid dienone is 6. The number of carbonyl (C=O) groups is 1. The Balaban J connectivity index is 3.86. The molecule has 0 amide bonds. The lowest BCUT2D eigenvalue weighted by Gasteiger charge is -2.01. The van der Waals surface area contributed by atoms with Crippen LogP contribution in [0.1, 0.15) is 66.2 Å². The molecule has 0 heterocycles. The molecule has 0 fully saturated rings. The highest BCUT2D eigenvalue weighted by Gasteiger charge is 1.94. The Morgan fingerprint density at radius 1 is 0.789 bits per heavy atom. The first-order valence-electron chi connectivity index (χ1n) is 7.04. The highest BCUT2D eigenvalue weighted by atomic mass is 127. The van der Waals surface area contributed by atoms with Crippen molar-refractivity contribution in [2.75, 3.05) is 0 Å². The van der Waals surface area contributed by atoms with Gasteiger partial charge in [0.05, 0.1) is 0 Å². The first-order valence-corrected chi connectivity index (χ1v) is 8.12. The van der Waals surface area contributed by atoms with Crippen molar-refractivity contribution in [1.82, 2.24) is 0 Å². The minimum absolute atomic E-state index is 0.247. The summed E-state index contributed by atoms with van der Waals surface area (Å²) >= 11 is 1.86. The van der Waals surface area contributed by atoms with Crippen LogP contribution in [0.15, 0.2) is 34.9 Å². The minimum Gasteiger partial charge on any atom is -0.288 e. The van der Waals surface area contributed by atoms with Gasteiger partial charge < -0.3 is 0 Å². The quantitative estimate of drug-likeness (QED) is 0.269. The molecule has 0 N–H and O–H groups in total. The smallest absolute Gasteiger partial charge is 0.192 e. The van der Waals surface area contributed by atoms with Gasteiger partial charge in [0.1, 0.15) is 0 Å². The van der Waals surface area contributed by atoms with E-state index in [9.17, 15) is 4.79 Å². The molecule has 0 aromatic rings. The molecule has 108 valence electrons. The summed E-state index contributed by atoms with van der Waals surface area (Å²) in [6.07, 6.45) is 12.9. The van der Waals surface area contributed by atoms with Gasteiger partial charge >= 0.3 is 0 Å². The highest BCUT2D eigenvalue weighted by Crippen LogP contribution is 2.12. The minimum atomic E-state index is 0.247. The zero-order valence-electron chi connectivity index (χ0n) is 12.8. The summed E-state index contributed by atoms with van der Waals surface area (Å²) in [6, 6.07) is 0. The van der Waals surface area contributed by atoms with Crippen molar-refractivity contribution in [2.45, 2.75) is 66.2 Å². The lowest BCUT2D eigenvalue weighted by molar-refractivity contribution is -0.109. The van der Waals surface area contributed by atoms with Crippen LogP contribution in [0.4, 0.5) is 0 Å². The molecule has 0 unspecified atom stereocenters. The van der Waals surface area contributed by atoms with E-state index < -0.39 is 0 Å². The standard InChI is InChI=1S/C17H27IO/c1-14(2)8-5-9-15(3)10-6-11-16(4)12-7-13-17(18)19/h8,10,12H,5-7,9,11,13H2,1-4H3/b15-10+,16-12+. The van der Waals surface area contributed by atoms with E-state index in [0.29, 0.717) is 6.42 Å². The molecule has 0 spiro atoms. The van der Waals surface area contributed by atoms with Crippen LogP contribution >= 0.6 is 22.6 Å². The van der Waals surface area contributed by atoms with Crippen molar-refractivity contribution in [1.29, 1.82) is 0 Å². The molecule has 0 atom stereocenters. The Morgan fingerprint density at radius 2 is 1.21 bits per heavy atom. The van der Waals surface area contributed by atoms with Gasteiger partial charge in [0.15, 0.2) is 3.79 Å². The first-order chi connectivity index (χ1) is 8.91. The average molecular weight is 374 g/mol. The molecule has 0 rings (SSSR count). The van der Waals surface area contributed by atoms with Crippen LogP contribution in [0.5, 0.6) is 0 Å². The van der Waals surface area contributed by atoms with Gasteiger partial charge in [0, 0.05) is 6.42 Å². The predicted octanol–water partition coefficient (Wildman–Crippen LogP) is 6.15. The Labute approximate surface area is 132 Å². The van der Waals surface area contributed by atoms with Gasteiger partial charge in [-0.1, -0.05) is 34.9 Å². The molecule has 1 nitrogen and oxygen atoms in total. The molecule has 0 aromatic heterocycles. The second-order valence-corrected chi connectivity index (χ2v) is 6.56. The van der Waals surface area contributed by atoms with E-state index in [0.717, 1.165) is 32.1 Å². The second kappa shape index (κ2) is 11.4. The summed E-state index contributed by atoms with van der Waals surface area (Å²) in [5.74, 6) is 0. The van der Waals surface area contributed by atoms with Crippen LogP contribution in [0, 0.1) is 0 Å². The van der Waals surface area contributed by atoms with Gasteiger partial charge in [-0.25, -0.2) is 0 Å². The maximum atomic E-state index is 10.8. The molecule has 0 aliphatic rings. The average Bonchev–Trinajstić information content (AvgIpc) is 2.27. The molecule has 19 heavy (non-hydrogen) atoms. The van der Waals surface area contributed by atoms with Gasteiger partial charge in [-0.2, -0.15) is 0 Å². The van der Waals surface area contributed by atoms with Crippen molar-refractivity contribution in [3.63, 3.8) is 0 Å². The van der Waals surface area contributed by atoms with Crippen molar-refractivity contribution in [3.8, 4) is 0 Å². The van der Waals surface area contributed by atoms with E-state index in [1.807, 2.05) is 22.6 Å². The zero-order valence-corrected chi connectivity index (χ0v) is 14.9. The number of rotatable bonds is 9. The van der Waals surface area contributed by atoms with E-state index in [-0.39, 0.29) is 3.79 Å². The Bertz CT molecular complexity index is 357. The van der Waals surface area contributed by atoms with Gasteiger partial charge in [-0.05, 0) is 82.4 Å². The van der Waals surface area contributed by atoms with Crippen LogP contribution < -0.4 is 0 Å². The third kappa shape index (κ3) is 13.8. The van der Waals surface area contributed by atoms with Crippen LogP contribution in [0.3, 0.4) is 0 Å². The molecule has 0 aromatic carbocycles. The second-order valence-electron chi connectivity index (χ2n) is 5.35. The summed E-state index contributed by atoms with van der Waals surface area (Å²) in [7, 11) is 0. The van der Waals surface area contributed by atoms with Gasteiger partial charge in [-0.3, -0.25) is 4.79 Å². The summed E-state index contributed by atoms with van der Waals surface area (Å²) in [5, 5.41) is 0. The number of halogens is 1. The molecule has 2 heteroatoms. The maximum absolute atomic E-state index is 10.8.